The highest BCUT2D eigenvalue weighted by Gasteiger charge is 2.13. The van der Waals surface area contributed by atoms with Gasteiger partial charge in [0, 0.05) is 18.2 Å². The van der Waals surface area contributed by atoms with Gasteiger partial charge in [0.15, 0.2) is 0 Å². The second-order valence-electron chi connectivity index (χ2n) is 4.68. The molecule has 0 bridgehead atoms. The Kier molecular flexibility index (Phi) is 4.17. The Balaban J connectivity index is 2.57. The van der Waals surface area contributed by atoms with Crippen molar-refractivity contribution in [2.45, 2.75) is 25.8 Å². The Morgan fingerprint density at radius 2 is 2.06 bits per heavy atom. The molecule has 17 heavy (non-hydrogen) atoms. The summed E-state index contributed by atoms with van der Waals surface area (Å²) in [6.07, 6.45) is -0.123. The molecular formula is C12H16F2N2O. The number of halogens is 2. The summed E-state index contributed by atoms with van der Waals surface area (Å²) < 4.78 is 25.9. The average molecular weight is 242 g/mol. The maximum Gasteiger partial charge on any atom is 0.224 e. The molecule has 0 saturated heterocycles. The Hall–Kier alpha value is -1.49. The largest absolute Gasteiger partial charge is 0.354 e. The van der Waals surface area contributed by atoms with E-state index in [4.69, 9.17) is 5.73 Å². The molecule has 1 aromatic carbocycles. The molecule has 5 heteroatoms. The first-order chi connectivity index (χ1) is 7.78. The fourth-order valence-electron chi connectivity index (χ4n) is 1.23. The smallest absolute Gasteiger partial charge is 0.224 e. The van der Waals surface area contributed by atoms with Crippen LogP contribution in [0.3, 0.4) is 0 Å². The lowest BCUT2D eigenvalue weighted by molar-refractivity contribution is -0.120. The van der Waals surface area contributed by atoms with E-state index in [-0.39, 0.29) is 17.9 Å². The summed E-state index contributed by atoms with van der Waals surface area (Å²) in [5, 5.41) is 2.59. The molecule has 94 valence electrons. The minimum absolute atomic E-state index is 0.123. The number of nitrogens with two attached hydrogens (primary N) is 1. The fraction of sp³-hybridized carbons (Fsp3) is 0.417. The maximum absolute atomic E-state index is 13.2. The number of nitrogens with one attached hydrogen (secondary N) is 1. The van der Waals surface area contributed by atoms with Gasteiger partial charge in [-0.25, -0.2) is 8.78 Å². The van der Waals surface area contributed by atoms with Crippen molar-refractivity contribution in [2.75, 3.05) is 6.54 Å². The number of rotatable bonds is 4. The number of benzene rings is 1. The van der Waals surface area contributed by atoms with Crippen molar-refractivity contribution in [3.63, 3.8) is 0 Å². The van der Waals surface area contributed by atoms with Gasteiger partial charge in [-0.3, -0.25) is 4.79 Å². The monoisotopic (exact) mass is 242 g/mol. The summed E-state index contributed by atoms with van der Waals surface area (Å²) >= 11 is 0. The molecule has 0 saturated carbocycles. The Bertz CT molecular complexity index is 413. The van der Waals surface area contributed by atoms with Crippen LogP contribution >= 0.6 is 0 Å². The molecule has 1 aromatic rings. The minimum atomic E-state index is -0.716. The van der Waals surface area contributed by atoms with Crippen LogP contribution in [0, 0.1) is 11.6 Å². The molecule has 0 fully saturated rings. The Labute approximate surface area is 99.0 Å². The van der Waals surface area contributed by atoms with Crippen molar-refractivity contribution in [3.8, 4) is 0 Å². The van der Waals surface area contributed by atoms with Gasteiger partial charge in [0.2, 0.25) is 5.91 Å². The summed E-state index contributed by atoms with van der Waals surface area (Å²) in [6.45, 7) is 3.84. The van der Waals surface area contributed by atoms with E-state index in [2.05, 4.69) is 5.32 Å². The van der Waals surface area contributed by atoms with Crippen molar-refractivity contribution >= 4 is 5.91 Å². The zero-order chi connectivity index (χ0) is 13.1. The maximum atomic E-state index is 13.2. The quantitative estimate of drug-likeness (QED) is 0.837. The highest BCUT2D eigenvalue weighted by molar-refractivity contribution is 5.78. The van der Waals surface area contributed by atoms with E-state index >= 15 is 0 Å². The van der Waals surface area contributed by atoms with E-state index in [1.54, 1.807) is 13.8 Å². The summed E-state index contributed by atoms with van der Waals surface area (Å²) in [4.78, 5) is 11.5. The van der Waals surface area contributed by atoms with Crippen LogP contribution in [-0.2, 0) is 11.2 Å². The lowest BCUT2D eigenvalue weighted by atomic mass is 10.1. The second kappa shape index (κ2) is 5.23. The van der Waals surface area contributed by atoms with Gasteiger partial charge in [-0.1, -0.05) is 6.07 Å². The van der Waals surface area contributed by atoms with Crippen LogP contribution in [0.1, 0.15) is 19.4 Å². The van der Waals surface area contributed by atoms with Crippen molar-refractivity contribution < 1.29 is 13.6 Å². The molecule has 1 amide bonds. The van der Waals surface area contributed by atoms with E-state index in [1.165, 1.54) is 6.07 Å². The standard InChI is InChI=1S/C12H16F2N2O/c1-12(2,15)7-16-11(17)5-8-3-4-9(13)6-10(8)14/h3-4,6H,5,7,15H2,1-2H3,(H,16,17). The van der Waals surface area contributed by atoms with Crippen molar-refractivity contribution in [2.24, 2.45) is 5.73 Å². The summed E-state index contributed by atoms with van der Waals surface area (Å²) in [5.74, 6) is -1.71. The van der Waals surface area contributed by atoms with Gasteiger partial charge in [-0.05, 0) is 25.5 Å². The average Bonchev–Trinajstić information content (AvgIpc) is 2.18. The molecule has 0 aliphatic heterocycles. The Morgan fingerprint density at radius 3 is 2.59 bits per heavy atom. The predicted octanol–water partition coefficient (Wildman–Crippen LogP) is 1.36. The van der Waals surface area contributed by atoms with Crippen LogP contribution in [0.2, 0.25) is 0 Å². The van der Waals surface area contributed by atoms with E-state index in [0.29, 0.717) is 6.54 Å². The van der Waals surface area contributed by atoms with Crippen LogP contribution in [0.15, 0.2) is 18.2 Å². The number of carbonyl (C=O) groups is 1. The third-order valence-corrected chi connectivity index (χ3v) is 2.11. The molecule has 0 aliphatic rings. The third-order valence-electron chi connectivity index (χ3n) is 2.11. The minimum Gasteiger partial charge on any atom is -0.354 e. The fourth-order valence-corrected chi connectivity index (χ4v) is 1.23. The Morgan fingerprint density at radius 1 is 1.41 bits per heavy atom. The number of hydrogen-bond donors (Lipinski definition) is 2. The highest BCUT2D eigenvalue weighted by Crippen LogP contribution is 2.10. The van der Waals surface area contributed by atoms with E-state index in [1.807, 2.05) is 0 Å². The van der Waals surface area contributed by atoms with E-state index in [0.717, 1.165) is 12.1 Å². The van der Waals surface area contributed by atoms with Gasteiger partial charge in [0.25, 0.3) is 0 Å². The van der Waals surface area contributed by atoms with Gasteiger partial charge in [-0.15, -0.1) is 0 Å². The molecule has 3 nitrogen and oxygen atoms in total. The lowest BCUT2D eigenvalue weighted by Gasteiger charge is -2.18. The van der Waals surface area contributed by atoms with Crippen LogP contribution in [0.4, 0.5) is 8.78 Å². The molecule has 0 radical (unpaired) electrons. The third kappa shape index (κ3) is 4.91. The lowest BCUT2D eigenvalue weighted by Crippen LogP contribution is -2.45. The van der Waals surface area contributed by atoms with Crippen molar-refractivity contribution in [1.29, 1.82) is 0 Å². The van der Waals surface area contributed by atoms with Gasteiger partial charge in [0.05, 0.1) is 6.42 Å². The summed E-state index contributed by atoms with van der Waals surface area (Å²) in [7, 11) is 0. The molecule has 1 rings (SSSR count). The van der Waals surface area contributed by atoms with Gasteiger partial charge in [-0.2, -0.15) is 0 Å². The molecule has 0 aromatic heterocycles. The van der Waals surface area contributed by atoms with Gasteiger partial charge >= 0.3 is 0 Å². The van der Waals surface area contributed by atoms with Gasteiger partial charge in [0.1, 0.15) is 11.6 Å². The SMILES string of the molecule is CC(C)(N)CNC(=O)Cc1ccc(F)cc1F. The topological polar surface area (TPSA) is 55.1 Å². The summed E-state index contributed by atoms with van der Waals surface area (Å²) in [6, 6.07) is 3.14. The normalized spacial score (nSPS) is 11.4. The van der Waals surface area contributed by atoms with Crippen LogP contribution < -0.4 is 11.1 Å². The zero-order valence-electron chi connectivity index (χ0n) is 9.89. The molecule has 3 N–H and O–H groups in total. The predicted molar refractivity (Wildman–Crippen MR) is 61.3 cm³/mol. The molecule has 0 spiro atoms. The first-order valence-electron chi connectivity index (χ1n) is 5.27. The summed E-state index contributed by atoms with van der Waals surface area (Å²) in [5.41, 5.74) is 5.34. The van der Waals surface area contributed by atoms with Crippen molar-refractivity contribution in [1.82, 2.24) is 5.32 Å². The first kappa shape index (κ1) is 13.6. The molecular weight excluding hydrogens is 226 g/mol. The van der Waals surface area contributed by atoms with E-state index in [9.17, 15) is 13.6 Å². The molecule has 0 atom stereocenters. The van der Waals surface area contributed by atoms with Crippen molar-refractivity contribution in [3.05, 3.63) is 35.4 Å². The first-order valence-corrected chi connectivity index (χ1v) is 5.27. The molecule has 0 aliphatic carbocycles. The molecule has 0 heterocycles. The number of amides is 1. The second-order valence-corrected chi connectivity index (χ2v) is 4.68. The van der Waals surface area contributed by atoms with Crippen LogP contribution in [-0.4, -0.2) is 18.0 Å². The van der Waals surface area contributed by atoms with Gasteiger partial charge < -0.3 is 11.1 Å². The molecule has 0 unspecified atom stereocenters. The van der Waals surface area contributed by atoms with Crippen LogP contribution in [0.5, 0.6) is 0 Å². The highest BCUT2D eigenvalue weighted by atomic mass is 19.1. The number of hydrogen-bond acceptors (Lipinski definition) is 2. The van der Waals surface area contributed by atoms with E-state index < -0.39 is 17.2 Å². The van der Waals surface area contributed by atoms with Crippen LogP contribution in [0.25, 0.3) is 0 Å². The zero-order valence-corrected chi connectivity index (χ0v) is 9.89. The number of carbonyl (C=O) groups excluding carboxylic acids is 1.